The summed E-state index contributed by atoms with van der Waals surface area (Å²) in [5, 5.41) is 2.32. The third kappa shape index (κ3) is 6.23. The number of anilines is 6. The normalized spacial score (nSPS) is 18.3. The van der Waals surface area contributed by atoms with Gasteiger partial charge in [-0.2, -0.15) is 0 Å². The van der Waals surface area contributed by atoms with Crippen LogP contribution in [0.1, 0.15) is 135 Å². The van der Waals surface area contributed by atoms with Crippen LogP contribution in [-0.2, 0) is 27.1 Å². The number of furan rings is 1. The monoisotopic (exact) mass is 877 g/mol. The number of aryl methyl sites for hydroxylation is 1. The predicted molar refractivity (Wildman–Crippen MR) is 287 cm³/mol. The molecular formula is C63H65BN2O. The summed E-state index contributed by atoms with van der Waals surface area (Å²) >= 11 is 0. The fourth-order valence-electron chi connectivity index (χ4n) is 12.8. The van der Waals surface area contributed by atoms with E-state index in [0.29, 0.717) is 0 Å². The van der Waals surface area contributed by atoms with Gasteiger partial charge in [0.15, 0.2) is 0 Å². The summed E-state index contributed by atoms with van der Waals surface area (Å²) in [6.45, 7) is 29.0. The molecule has 4 aliphatic rings. The minimum absolute atomic E-state index is 0.0191. The summed E-state index contributed by atoms with van der Waals surface area (Å²) in [6, 6.07) is 49.4. The minimum Gasteiger partial charge on any atom is -0.456 e. The highest BCUT2D eigenvalue weighted by Gasteiger charge is 2.48. The summed E-state index contributed by atoms with van der Waals surface area (Å²) in [7, 11) is 0. The van der Waals surface area contributed by atoms with Crippen molar-refractivity contribution in [3.63, 3.8) is 0 Å². The van der Waals surface area contributed by atoms with Crippen molar-refractivity contribution < 1.29 is 4.42 Å². The fraction of sp³-hybridized carbons (Fsp3) is 0.333. The first kappa shape index (κ1) is 42.4. The van der Waals surface area contributed by atoms with Gasteiger partial charge in [-0.05, 0) is 170 Å². The standard InChI is InChI=1S/C63H65BN2O/c1-38-32-52-57-53(33-38)66(50-26-22-40(59(2,3)4)34-43(50)39-18-14-13-15-19-39)58-48(25-27-55-56(58)42-20-16-17-21-54(42)67-55)64(57)49-36-46-47(63(11,12)31-30-62(46,9)10)37-51(49)65(52)41-23-24-44-45(35-41)61(7,8)29-28-60(44,5)6/h13-27,32-37H,28-31H2,1-12H3. The molecule has 0 atom stereocenters. The van der Waals surface area contributed by atoms with Crippen molar-refractivity contribution in [3.05, 3.63) is 161 Å². The topological polar surface area (TPSA) is 19.6 Å². The molecule has 7 aromatic carbocycles. The molecule has 0 radical (unpaired) electrons. The van der Waals surface area contributed by atoms with Gasteiger partial charge in [-0.25, -0.2) is 0 Å². The molecule has 336 valence electrons. The lowest BCUT2D eigenvalue weighted by Gasteiger charge is -2.48. The SMILES string of the molecule is Cc1cc2c3c(c1)N(c1ccc(C(C)(C)C)cc1-c1ccccc1)c1c(ccc4oc5ccccc5c14)B3c1cc3c(cc1N2c1ccc2c(c1)C(C)(C)CCC2(C)C)C(C)(C)CCC3(C)C. The van der Waals surface area contributed by atoms with Crippen LogP contribution in [0.2, 0.25) is 0 Å². The van der Waals surface area contributed by atoms with Gasteiger partial charge in [0.1, 0.15) is 11.2 Å². The number of hydrogen-bond acceptors (Lipinski definition) is 3. The molecule has 1 aromatic heterocycles. The van der Waals surface area contributed by atoms with Gasteiger partial charge in [-0.15, -0.1) is 0 Å². The van der Waals surface area contributed by atoms with Crippen molar-refractivity contribution in [2.75, 3.05) is 9.80 Å². The molecule has 8 aromatic rings. The Morgan fingerprint density at radius 3 is 1.81 bits per heavy atom. The number of para-hydroxylation sites is 1. The average molecular weight is 877 g/mol. The van der Waals surface area contributed by atoms with Gasteiger partial charge in [0.25, 0.3) is 6.71 Å². The lowest BCUT2D eigenvalue weighted by atomic mass is 9.33. The molecule has 0 spiro atoms. The van der Waals surface area contributed by atoms with Crippen molar-refractivity contribution in [2.24, 2.45) is 0 Å². The zero-order chi connectivity index (χ0) is 46.7. The number of hydrogen-bond donors (Lipinski definition) is 0. The van der Waals surface area contributed by atoms with Crippen molar-refractivity contribution in [1.29, 1.82) is 0 Å². The highest BCUT2D eigenvalue weighted by Crippen LogP contribution is 2.54. The third-order valence-corrected chi connectivity index (χ3v) is 17.0. The number of rotatable bonds is 3. The predicted octanol–water partition coefficient (Wildman–Crippen LogP) is 15.6. The van der Waals surface area contributed by atoms with Crippen LogP contribution in [0.25, 0.3) is 33.1 Å². The maximum Gasteiger partial charge on any atom is 0.252 e. The highest BCUT2D eigenvalue weighted by molar-refractivity contribution is 7.00. The molecule has 3 nitrogen and oxygen atoms in total. The van der Waals surface area contributed by atoms with Crippen molar-refractivity contribution in [2.45, 2.75) is 136 Å². The second-order valence-electron chi connectivity index (χ2n) is 24.4. The number of fused-ring (bicyclic) bond motifs is 10. The molecule has 0 N–H and O–H groups in total. The molecular weight excluding hydrogens is 812 g/mol. The van der Waals surface area contributed by atoms with E-state index in [1.54, 1.807) is 0 Å². The van der Waals surface area contributed by atoms with Crippen LogP contribution >= 0.6 is 0 Å². The van der Waals surface area contributed by atoms with Gasteiger partial charge in [0.2, 0.25) is 0 Å². The Balaban J connectivity index is 1.24. The van der Waals surface area contributed by atoms with E-state index >= 15 is 0 Å². The summed E-state index contributed by atoms with van der Waals surface area (Å²) in [5.41, 5.74) is 24.5. The smallest absolute Gasteiger partial charge is 0.252 e. The molecule has 0 saturated heterocycles. The van der Waals surface area contributed by atoms with E-state index in [4.69, 9.17) is 4.42 Å². The Bertz CT molecular complexity index is 3380. The Morgan fingerprint density at radius 1 is 0.507 bits per heavy atom. The first-order valence-corrected chi connectivity index (χ1v) is 25.0. The third-order valence-electron chi connectivity index (χ3n) is 17.0. The van der Waals surface area contributed by atoms with Crippen LogP contribution in [-0.4, -0.2) is 6.71 Å². The number of nitrogens with zero attached hydrogens (tertiary/aromatic N) is 2. The van der Waals surface area contributed by atoms with Crippen LogP contribution in [0.4, 0.5) is 34.1 Å². The molecule has 12 rings (SSSR count). The largest absolute Gasteiger partial charge is 0.456 e. The van der Waals surface area contributed by atoms with Crippen LogP contribution in [0.5, 0.6) is 0 Å². The van der Waals surface area contributed by atoms with Crippen LogP contribution in [0, 0.1) is 6.92 Å². The van der Waals surface area contributed by atoms with Gasteiger partial charge in [0.05, 0.1) is 16.8 Å². The zero-order valence-corrected chi connectivity index (χ0v) is 41.8. The van der Waals surface area contributed by atoms with Crippen molar-refractivity contribution >= 4 is 79.2 Å². The maximum atomic E-state index is 6.81. The molecule has 0 saturated carbocycles. The zero-order valence-electron chi connectivity index (χ0n) is 41.8. The molecule has 0 amide bonds. The van der Waals surface area contributed by atoms with Gasteiger partial charge < -0.3 is 14.2 Å². The van der Waals surface area contributed by atoms with Crippen LogP contribution in [0.3, 0.4) is 0 Å². The Morgan fingerprint density at radius 2 is 1.12 bits per heavy atom. The first-order chi connectivity index (χ1) is 31.7. The quantitative estimate of drug-likeness (QED) is 0.165. The summed E-state index contributed by atoms with van der Waals surface area (Å²) < 4.78 is 6.81. The molecule has 0 fully saturated rings. The highest BCUT2D eigenvalue weighted by atomic mass is 16.3. The molecule has 67 heavy (non-hydrogen) atoms. The van der Waals surface area contributed by atoms with E-state index in [9.17, 15) is 0 Å². The molecule has 2 aliphatic heterocycles. The maximum absolute atomic E-state index is 6.81. The van der Waals surface area contributed by atoms with Gasteiger partial charge in [-0.3, -0.25) is 0 Å². The van der Waals surface area contributed by atoms with E-state index < -0.39 is 0 Å². The van der Waals surface area contributed by atoms with E-state index in [-0.39, 0.29) is 33.8 Å². The van der Waals surface area contributed by atoms with Crippen LogP contribution in [0.15, 0.2) is 132 Å². The second kappa shape index (κ2) is 14.0. The Kier molecular flexibility index (Phi) is 8.87. The van der Waals surface area contributed by atoms with Gasteiger partial charge >= 0.3 is 0 Å². The molecule has 4 heteroatoms. The first-order valence-electron chi connectivity index (χ1n) is 25.0. The van der Waals surface area contributed by atoms with Crippen molar-refractivity contribution in [1.82, 2.24) is 0 Å². The van der Waals surface area contributed by atoms with Crippen molar-refractivity contribution in [3.8, 4) is 11.1 Å². The van der Waals surface area contributed by atoms with E-state index in [0.717, 1.165) is 29.4 Å². The molecule has 2 aliphatic carbocycles. The lowest BCUT2D eigenvalue weighted by molar-refractivity contribution is 0.332. The van der Waals surface area contributed by atoms with E-state index in [1.165, 1.54) is 113 Å². The van der Waals surface area contributed by atoms with Gasteiger partial charge in [0, 0.05) is 33.7 Å². The van der Waals surface area contributed by atoms with Gasteiger partial charge in [-0.1, -0.05) is 149 Å². The molecule has 0 unspecified atom stereocenters. The summed E-state index contributed by atoms with van der Waals surface area (Å²) in [5.74, 6) is 0. The lowest BCUT2D eigenvalue weighted by Crippen LogP contribution is -2.62. The molecule has 0 bridgehead atoms. The Hall–Kier alpha value is -6.00. The van der Waals surface area contributed by atoms with E-state index in [2.05, 4.69) is 220 Å². The Labute approximate surface area is 399 Å². The summed E-state index contributed by atoms with van der Waals surface area (Å²) in [6.07, 6.45) is 4.69. The fourth-order valence-corrected chi connectivity index (χ4v) is 12.8. The second-order valence-corrected chi connectivity index (χ2v) is 24.4. The average Bonchev–Trinajstić information content (AvgIpc) is 3.68. The minimum atomic E-state index is -0.0339. The van der Waals surface area contributed by atoms with Crippen LogP contribution < -0.4 is 26.2 Å². The van der Waals surface area contributed by atoms with E-state index in [1.807, 2.05) is 0 Å². The summed E-state index contributed by atoms with van der Waals surface area (Å²) in [4.78, 5) is 5.33. The number of benzene rings is 7. The molecule has 3 heterocycles.